The van der Waals surface area contributed by atoms with Crippen LogP contribution in [0, 0.1) is 12.7 Å². The van der Waals surface area contributed by atoms with Gasteiger partial charge < -0.3 is 5.32 Å². The van der Waals surface area contributed by atoms with Crippen molar-refractivity contribution in [2.45, 2.75) is 13.1 Å². The minimum absolute atomic E-state index is 0.0348. The van der Waals surface area contributed by atoms with E-state index in [0.717, 1.165) is 23.1 Å². The monoisotopic (exact) mass is 466 g/mol. The van der Waals surface area contributed by atoms with Crippen molar-refractivity contribution < 1.29 is 22.4 Å². The van der Waals surface area contributed by atoms with Crippen molar-refractivity contribution in [2.75, 3.05) is 5.32 Å². The summed E-state index contributed by atoms with van der Waals surface area (Å²) in [6.07, 6.45) is -0.220. The summed E-state index contributed by atoms with van der Waals surface area (Å²) in [5, 5.41) is 13.7. The molecule has 164 valence electrons. The maximum absolute atomic E-state index is 13.8. The van der Waals surface area contributed by atoms with Crippen molar-refractivity contribution in [1.82, 2.24) is 34.7 Å². The van der Waals surface area contributed by atoms with E-state index in [-0.39, 0.29) is 28.0 Å². The van der Waals surface area contributed by atoms with Crippen LogP contribution in [0.15, 0.2) is 43.0 Å². The molecule has 4 heterocycles. The summed E-state index contributed by atoms with van der Waals surface area (Å²) < 4.78 is 55.3. The number of halogens is 5. The molecular weight excluding hydrogens is 456 g/mol. The number of hydrogen-bond acceptors (Lipinski definition) is 6. The van der Waals surface area contributed by atoms with Gasteiger partial charge in [0.2, 0.25) is 0 Å². The van der Waals surface area contributed by atoms with Gasteiger partial charge in [-0.2, -0.15) is 28.5 Å². The molecule has 1 N–H and O–H groups in total. The van der Waals surface area contributed by atoms with Crippen molar-refractivity contribution in [1.29, 1.82) is 0 Å². The second kappa shape index (κ2) is 8.00. The van der Waals surface area contributed by atoms with Crippen LogP contribution in [0.1, 0.15) is 21.7 Å². The number of pyridine rings is 2. The lowest BCUT2D eigenvalue weighted by atomic mass is 10.2. The van der Waals surface area contributed by atoms with E-state index in [1.165, 1.54) is 31.6 Å². The Morgan fingerprint density at radius 2 is 1.84 bits per heavy atom. The molecule has 1 amide bonds. The average Bonchev–Trinajstić information content (AvgIpc) is 3.40. The number of rotatable bonds is 4. The second-order valence-corrected chi connectivity index (χ2v) is 6.76. The zero-order chi connectivity index (χ0) is 23.0. The third-order valence-electron chi connectivity index (χ3n) is 4.19. The molecule has 0 bridgehead atoms. The number of amides is 1. The molecule has 0 aromatic carbocycles. The van der Waals surface area contributed by atoms with Gasteiger partial charge in [0.1, 0.15) is 5.82 Å². The number of carbonyl (C=O) groups excluding carboxylic acids is 1. The number of nitrogens with zero attached hydrogens (tertiary/aromatic N) is 7. The minimum atomic E-state index is -4.96. The van der Waals surface area contributed by atoms with Crippen LogP contribution in [0.5, 0.6) is 0 Å². The zero-order valence-corrected chi connectivity index (χ0v) is 16.7. The molecule has 4 aromatic heterocycles. The Morgan fingerprint density at radius 3 is 2.47 bits per heavy atom. The Labute approximate surface area is 181 Å². The Hall–Kier alpha value is -3.87. The molecule has 4 aromatic rings. The van der Waals surface area contributed by atoms with E-state index in [4.69, 9.17) is 11.6 Å². The summed E-state index contributed by atoms with van der Waals surface area (Å²) in [7, 11) is 0. The van der Waals surface area contributed by atoms with Crippen LogP contribution in [-0.2, 0) is 6.18 Å². The number of aryl methyl sites for hydroxylation is 1. The van der Waals surface area contributed by atoms with E-state index in [2.05, 4.69) is 30.6 Å². The van der Waals surface area contributed by atoms with Crippen LogP contribution in [0.25, 0.3) is 11.6 Å². The van der Waals surface area contributed by atoms with E-state index in [1.807, 2.05) is 0 Å². The van der Waals surface area contributed by atoms with Gasteiger partial charge in [-0.05, 0) is 25.1 Å². The third kappa shape index (κ3) is 4.01. The number of nitrogens with one attached hydrogen (secondary N) is 1. The number of hydrogen-bond donors (Lipinski definition) is 1. The van der Waals surface area contributed by atoms with Gasteiger partial charge in [0.05, 0.1) is 46.8 Å². The summed E-state index contributed by atoms with van der Waals surface area (Å²) >= 11 is 6.12. The molecule has 0 saturated carbocycles. The Kier molecular flexibility index (Phi) is 5.34. The topological polar surface area (TPSA) is 103 Å². The molecule has 0 atom stereocenters. The molecule has 0 saturated heterocycles. The molecule has 0 unspecified atom stereocenters. The molecule has 0 spiro atoms. The molecule has 14 heteroatoms. The van der Waals surface area contributed by atoms with E-state index >= 15 is 0 Å². The largest absolute Gasteiger partial charge is 0.434 e. The van der Waals surface area contributed by atoms with E-state index in [9.17, 15) is 22.4 Å². The molecule has 9 nitrogen and oxygen atoms in total. The molecule has 32 heavy (non-hydrogen) atoms. The van der Waals surface area contributed by atoms with Crippen molar-refractivity contribution in [3.05, 3.63) is 70.8 Å². The first-order valence-electron chi connectivity index (χ1n) is 8.77. The maximum atomic E-state index is 13.8. The lowest BCUT2D eigenvalue weighted by Gasteiger charge is -2.13. The number of aromatic nitrogens is 7. The first-order chi connectivity index (χ1) is 15.1. The van der Waals surface area contributed by atoms with Gasteiger partial charge in [-0.25, -0.2) is 19.0 Å². The van der Waals surface area contributed by atoms with Crippen molar-refractivity contribution >= 4 is 23.2 Å². The van der Waals surface area contributed by atoms with Gasteiger partial charge in [0, 0.05) is 0 Å². The highest BCUT2D eigenvalue weighted by atomic mass is 35.5. The van der Waals surface area contributed by atoms with Crippen LogP contribution in [0.3, 0.4) is 0 Å². The summed E-state index contributed by atoms with van der Waals surface area (Å²) in [6.45, 7) is 1.29. The number of alkyl halides is 3. The normalized spacial score (nSPS) is 11.6. The highest BCUT2D eigenvalue weighted by molar-refractivity contribution is 6.32. The van der Waals surface area contributed by atoms with Crippen LogP contribution >= 0.6 is 11.6 Å². The van der Waals surface area contributed by atoms with E-state index in [0.29, 0.717) is 4.68 Å². The molecule has 0 aliphatic heterocycles. The fourth-order valence-corrected chi connectivity index (χ4v) is 3.02. The Balaban J connectivity index is 1.68. The van der Waals surface area contributed by atoms with Gasteiger partial charge in [-0.3, -0.25) is 4.79 Å². The first-order valence-corrected chi connectivity index (χ1v) is 9.15. The average molecular weight is 467 g/mol. The zero-order valence-electron chi connectivity index (χ0n) is 16.0. The quantitative estimate of drug-likeness (QED) is 0.461. The third-order valence-corrected chi connectivity index (χ3v) is 4.47. The SMILES string of the molecule is Cc1nc(-n2ncc(C(=O)Nc3cnc(-n4nccn4)c(Cl)c3)c2C(F)(F)F)ccc1F. The molecule has 0 aliphatic rings. The Morgan fingerprint density at radius 1 is 1.12 bits per heavy atom. The van der Waals surface area contributed by atoms with Crippen molar-refractivity contribution in [3.63, 3.8) is 0 Å². The molecule has 0 aliphatic carbocycles. The van der Waals surface area contributed by atoms with Crippen LogP contribution < -0.4 is 5.32 Å². The van der Waals surface area contributed by atoms with Crippen LogP contribution in [0.4, 0.5) is 23.2 Å². The van der Waals surface area contributed by atoms with Crippen molar-refractivity contribution in [2.24, 2.45) is 0 Å². The van der Waals surface area contributed by atoms with Crippen molar-refractivity contribution in [3.8, 4) is 11.6 Å². The number of carbonyl (C=O) groups is 1. The van der Waals surface area contributed by atoms with Crippen LogP contribution in [-0.4, -0.2) is 40.6 Å². The fraction of sp³-hybridized carbons (Fsp3) is 0.111. The minimum Gasteiger partial charge on any atom is -0.320 e. The van der Waals surface area contributed by atoms with Gasteiger partial charge >= 0.3 is 6.18 Å². The van der Waals surface area contributed by atoms with Gasteiger partial charge in [0.25, 0.3) is 5.91 Å². The predicted octanol–water partition coefficient (Wildman–Crippen LogP) is 3.62. The van der Waals surface area contributed by atoms with Gasteiger partial charge in [-0.15, -0.1) is 4.80 Å². The molecule has 0 radical (unpaired) electrons. The van der Waals surface area contributed by atoms with Crippen LogP contribution in [0.2, 0.25) is 5.02 Å². The summed E-state index contributed by atoms with van der Waals surface area (Å²) in [4.78, 5) is 21.5. The van der Waals surface area contributed by atoms with Gasteiger partial charge in [0.15, 0.2) is 17.3 Å². The fourth-order valence-electron chi connectivity index (χ4n) is 2.78. The molecule has 4 rings (SSSR count). The summed E-state index contributed by atoms with van der Waals surface area (Å²) in [5.74, 6) is -1.93. The maximum Gasteiger partial charge on any atom is 0.434 e. The molecule has 0 fully saturated rings. The second-order valence-electron chi connectivity index (χ2n) is 6.36. The smallest absolute Gasteiger partial charge is 0.320 e. The van der Waals surface area contributed by atoms with E-state index in [1.54, 1.807) is 0 Å². The predicted molar refractivity (Wildman–Crippen MR) is 103 cm³/mol. The summed E-state index contributed by atoms with van der Waals surface area (Å²) in [6, 6.07) is 3.27. The number of anilines is 1. The highest BCUT2D eigenvalue weighted by Gasteiger charge is 2.41. The standard InChI is InChI=1S/C18H11ClF4N8O/c1-9-13(20)2-3-14(28-9)30-15(18(21,22)23)11(8-27-30)17(32)29-10-6-12(19)16(24-7-10)31-25-4-5-26-31/h2-8H,1H3,(H,29,32). The lowest BCUT2D eigenvalue weighted by molar-refractivity contribution is -0.143. The first kappa shape index (κ1) is 21.4. The van der Waals surface area contributed by atoms with Gasteiger partial charge in [-0.1, -0.05) is 11.6 Å². The highest BCUT2D eigenvalue weighted by Crippen LogP contribution is 2.34. The van der Waals surface area contributed by atoms with E-state index < -0.39 is 29.2 Å². The molecular formula is C18H11ClF4N8O. The lowest BCUT2D eigenvalue weighted by Crippen LogP contribution is -2.21. The summed E-state index contributed by atoms with van der Waals surface area (Å²) in [5.41, 5.74) is -2.22. The Bertz CT molecular complexity index is 1300.